The van der Waals surface area contributed by atoms with Crippen molar-refractivity contribution in [3.05, 3.63) is 95.4 Å². The van der Waals surface area contributed by atoms with Crippen LogP contribution >= 0.6 is 0 Å². The van der Waals surface area contributed by atoms with E-state index >= 15 is 0 Å². The third-order valence-corrected chi connectivity index (χ3v) is 8.09. The number of ether oxygens (including phenoxy) is 1. The Balaban J connectivity index is 1.46. The van der Waals surface area contributed by atoms with Crippen LogP contribution in [0, 0.1) is 11.8 Å². The summed E-state index contributed by atoms with van der Waals surface area (Å²) in [6.07, 6.45) is 7.04. The number of hydrogen-bond acceptors (Lipinski definition) is 6. The molecule has 1 unspecified atom stereocenters. The SMILES string of the molecule is O=C(O)c1ccc(C#Cc2ccccc2NS(=O)(=O)c2cccc3c(C4CCCCOCC4)ccnc23)cn1. The summed E-state index contributed by atoms with van der Waals surface area (Å²) in [7, 11) is -4.00. The lowest BCUT2D eigenvalue weighted by Crippen LogP contribution is -2.15. The summed E-state index contributed by atoms with van der Waals surface area (Å²) in [5.74, 6) is 5.03. The molecule has 1 aliphatic rings. The molecule has 39 heavy (non-hydrogen) atoms. The van der Waals surface area contributed by atoms with Gasteiger partial charge in [-0.3, -0.25) is 9.71 Å². The number of aromatic carboxylic acids is 1. The second-order valence-corrected chi connectivity index (χ2v) is 10.9. The lowest BCUT2D eigenvalue weighted by molar-refractivity contribution is 0.0690. The first-order valence-corrected chi connectivity index (χ1v) is 14.2. The van der Waals surface area contributed by atoms with E-state index in [9.17, 15) is 13.2 Å². The van der Waals surface area contributed by atoms with Crippen LogP contribution in [0.1, 0.15) is 58.8 Å². The molecule has 2 aromatic carbocycles. The quantitative estimate of drug-likeness (QED) is 0.333. The minimum atomic E-state index is -4.00. The van der Waals surface area contributed by atoms with Crippen LogP contribution in [0.2, 0.25) is 0 Å². The topological polar surface area (TPSA) is 118 Å². The molecule has 1 saturated heterocycles. The maximum atomic E-state index is 13.6. The standard InChI is InChI=1S/C30H27N3O5S/c34-30(35)27-14-12-21(20-32-27)11-13-23-7-1-2-9-26(23)33-39(36,37)28-10-5-8-25-24(15-17-31-29(25)28)22-6-3-4-18-38-19-16-22/h1-2,5,7-10,12,14-15,17,20,22,33H,3-4,6,16,18-19H2,(H,34,35). The lowest BCUT2D eigenvalue weighted by Gasteiger charge is -2.22. The van der Waals surface area contributed by atoms with Crippen molar-refractivity contribution in [2.75, 3.05) is 17.9 Å². The number of aromatic nitrogens is 2. The molecule has 1 fully saturated rings. The molecule has 5 rings (SSSR count). The van der Waals surface area contributed by atoms with Crippen molar-refractivity contribution in [2.24, 2.45) is 0 Å². The zero-order chi connectivity index (χ0) is 27.2. The number of hydrogen-bond donors (Lipinski definition) is 2. The van der Waals surface area contributed by atoms with Gasteiger partial charge in [0.25, 0.3) is 10.0 Å². The summed E-state index contributed by atoms with van der Waals surface area (Å²) < 4.78 is 35.7. The molecule has 1 atom stereocenters. The number of anilines is 1. The second kappa shape index (κ2) is 11.6. The molecular formula is C30H27N3O5S. The van der Waals surface area contributed by atoms with Gasteiger partial charge in [0.15, 0.2) is 0 Å². The number of sulfonamides is 1. The van der Waals surface area contributed by atoms with Crippen molar-refractivity contribution >= 4 is 32.6 Å². The number of benzene rings is 2. The molecule has 8 nitrogen and oxygen atoms in total. The van der Waals surface area contributed by atoms with E-state index in [2.05, 4.69) is 26.5 Å². The van der Waals surface area contributed by atoms with Crippen LogP contribution in [0.3, 0.4) is 0 Å². The van der Waals surface area contributed by atoms with Gasteiger partial charge in [0, 0.05) is 42.1 Å². The molecule has 0 spiro atoms. The molecule has 0 aliphatic carbocycles. The van der Waals surface area contributed by atoms with Crippen LogP contribution < -0.4 is 4.72 Å². The van der Waals surface area contributed by atoms with Gasteiger partial charge in [-0.15, -0.1) is 0 Å². The number of fused-ring (bicyclic) bond motifs is 1. The van der Waals surface area contributed by atoms with Gasteiger partial charge in [-0.25, -0.2) is 18.2 Å². The van der Waals surface area contributed by atoms with E-state index in [1.54, 1.807) is 48.7 Å². The van der Waals surface area contributed by atoms with Gasteiger partial charge in [0.2, 0.25) is 0 Å². The molecule has 3 heterocycles. The molecule has 1 aliphatic heterocycles. The molecule has 198 valence electrons. The Morgan fingerprint density at radius 3 is 2.64 bits per heavy atom. The van der Waals surface area contributed by atoms with Gasteiger partial charge in [-0.2, -0.15) is 0 Å². The first kappa shape index (κ1) is 26.4. The van der Waals surface area contributed by atoms with Crippen LogP contribution in [0.4, 0.5) is 5.69 Å². The summed E-state index contributed by atoms with van der Waals surface area (Å²) in [6, 6.07) is 17.0. The fourth-order valence-corrected chi connectivity index (χ4v) is 5.99. The Morgan fingerprint density at radius 2 is 1.82 bits per heavy atom. The molecule has 4 aromatic rings. The van der Waals surface area contributed by atoms with Crippen LogP contribution in [0.15, 0.2) is 78.0 Å². The average molecular weight is 542 g/mol. The smallest absolute Gasteiger partial charge is 0.354 e. The fraction of sp³-hybridized carbons (Fsp3) is 0.233. The third-order valence-electron chi connectivity index (χ3n) is 6.69. The van der Waals surface area contributed by atoms with Gasteiger partial charge in [0.1, 0.15) is 10.6 Å². The third kappa shape index (κ3) is 6.08. The number of rotatable bonds is 5. The van der Waals surface area contributed by atoms with E-state index < -0.39 is 16.0 Å². The number of nitrogens with zero attached hydrogens (tertiary/aromatic N) is 2. The Kier molecular flexibility index (Phi) is 7.87. The predicted octanol–water partition coefficient (Wildman–Crippen LogP) is 5.20. The maximum absolute atomic E-state index is 13.6. The number of carboxylic acid groups (broad SMARTS) is 1. The number of carboxylic acids is 1. The van der Waals surface area contributed by atoms with E-state index in [4.69, 9.17) is 9.84 Å². The van der Waals surface area contributed by atoms with Gasteiger partial charge in [-0.1, -0.05) is 42.5 Å². The van der Waals surface area contributed by atoms with E-state index in [0.717, 1.165) is 43.2 Å². The highest BCUT2D eigenvalue weighted by molar-refractivity contribution is 7.93. The highest BCUT2D eigenvalue weighted by Crippen LogP contribution is 2.34. The van der Waals surface area contributed by atoms with E-state index in [-0.39, 0.29) is 16.5 Å². The first-order valence-electron chi connectivity index (χ1n) is 12.7. The van der Waals surface area contributed by atoms with Crippen molar-refractivity contribution in [3.63, 3.8) is 0 Å². The van der Waals surface area contributed by atoms with Crippen molar-refractivity contribution in [1.82, 2.24) is 9.97 Å². The molecule has 0 amide bonds. The van der Waals surface area contributed by atoms with Crippen LogP contribution in [0.5, 0.6) is 0 Å². The molecule has 2 aromatic heterocycles. The number of nitrogens with one attached hydrogen (secondary N) is 1. The summed E-state index contributed by atoms with van der Waals surface area (Å²) in [6.45, 7) is 1.48. The van der Waals surface area contributed by atoms with Gasteiger partial charge >= 0.3 is 5.97 Å². The zero-order valence-electron chi connectivity index (χ0n) is 21.1. The van der Waals surface area contributed by atoms with Crippen molar-refractivity contribution in [1.29, 1.82) is 0 Å². The van der Waals surface area contributed by atoms with Crippen molar-refractivity contribution in [2.45, 2.75) is 36.5 Å². The molecular weight excluding hydrogens is 514 g/mol. The summed E-state index contributed by atoms with van der Waals surface area (Å²) in [5, 5.41) is 9.85. The Labute approximate surface area is 227 Å². The number of carbonyl (C=O) groups is 1. The van der Waals surface area contributed by atoms with Crippen LogP contribution in [0.25, 0.3) is 10.9 Å². The highest BCUT2D eigenvalue weighted by atomic mass is 32.2. The number of para-hydroxylation sites is 2. The Hall–Kier alpha value is -4.26. The van der Waals surface area contributed by atoms with Gasteiger partial charge in [-0.05, 0) is 67.1 Å². The number of pyridine rings is 2. The maximum Gasteiger partial charge on any atom is 0.354 e. The normalized spacial score (nSPS) is 15.9. The predicted molar refractivity (Wildman–Crippen MR) is 148 cm³/mol. The van der Waals surface area contributed by atoms with E-state index in [1.807, 2.05) is 12.1 Å². The average Bonchev–Trinajstić information content (AvgIpc) is 2.92. The second-order valence-electron chi connectivity index (χ2n) is 9.28. The molecule has 0 saturated carbocycles. The van der Waals surface area contributed by atoms with Crippen LogP contribution in [-0.2, 0) is 14.8 Å². The zero-order valence-corrected chi connectivity index (χ0v) is 21.9. The highest BCUT2D eigenvalue weighted by Gasteiger charge is 2.23. The van der Waals surface area contributed by atoms with Gasteiger partial charge in [0.05, 0.1) is 11.2 Å². The largest absolute Gasteiger partial charge is 0.477 e. The molecule has 9 heteroatoms. The lowest BCUT2D eigenvalue weighted by atomic mass is 9.88. The summed E-state index contributed by atoms with van der Waals surface area (Å²) >= 11 is 0. The van der Waals surface area contributed by atoms with Crippen molar-refractivity contribution < 1.29 is 23.1 Å². The first-order chi connectivity index (χ1) is 18.9. The minimum Gasteiger partial charge on any atom is -0.477 e. The summed E-state index contributed by atoms with van der Waals surface area (Å²) in [5.41, 5.74) is 2.73. The monoisotopic (exact) mass is 541 g/mol. The molecule has 2 N–H and O–H groups in total. The Morgan fingerprint density at radius 1 is 0.949 bits per heavy atom. The van der Waals surface area contributed by atoms with E-state index in [1.165, 1.54) is 12.3 Å². The summed E-state index contributed by atoms with van der Waals surface area (Å²) in [4.78, 5) is 19.5. The Bertz CT molecular complexity index is 1670. The van der Waals surface area contributed by atoms with E-state index in [0.29, 0.717) is 28.9 Å². The van der Waals surface area contributed by atoms with Crippen molar-refractivity contribution in [3.8, 4) is 11.8 Å². The minimum absolute atomic E-state index is 0.0801. The molecule has 0 bridgehead atoms. The van der Waals surface area contributed by atoms with Gasteiger partial charge < -0.3 is 9.84 Å². The van der Waals surface area contributed by atoms with Crippen LogP contribution in [-0.4, -0.2) is 42.7 Å². The fourth-order valence-electron chi connectivity index (χ4n) is 4.74. The molecule has 0 radical (unpaired) electrons.